The predicted molar refractivity (Wildman–Crippen MR) is 86.2 cm³/mol. The molecule has 7 heteroatoms. The fourth-order valence-corrected chi connectivity index (χ4v) is 2.98. The van der Waals surface area contributed by atoms with Crippen LogP contribution in [0.1, 0.15) is 17.1 Å². The lowest BCUT2D eigenvalue weighted by atomic mass is 10.3. The summed E-state index contributed by atoms with van der Waals surface area (Å²) in [5, 5.41) is 6.22. The molecule has 4 rings (SSSR count). The predicted octanol–water partition coefficient (Wildman–Crippen LogP) is 1.12. The van der Waals surface area contributed by atoms with Crippen molar-refractivity contribution in [2.75, 3.05) is 11.9 Å². The Morgan fingerprint density at radius 2 is 2.30 bits per heavy atom. The molecule has 0 aliphatic carbocycles. The molecule has 0 unspecified atom stereocenters. The number of carbonyl (C=O) groups is 1. The first-order valence-electron chi connectivity index (χ1n) is 7.69. The Hall–Kier alpha value is -2.67. The summed E-state index contributed by atoms with van der Waals surface area (Å²) in [5.74, 6) is 1.66. The lowest BCUT2D eigenvalue weighted by Crippen LogP contribution is -2.29. The minimum atomic E-state index is -0.0606. The van der Waals surface area contributed by atoms with Gasteiger partial charge < -0.3 is 19.6 Å². The minimum absolute atomic E-state index is 0.0606. The highest BCUT2D eigenvalue weighted by Gasteiger charge is 2.16. The molecule has 23 heavy (non-hydrogen) atoms. The molecule has 7 nitrogen and oxygen atoms in total. The Labute approximate surface area is 133 Å². The fourth-order valence-electron chi connectivity index (χ4n) is 2.98. The minimum Gasteiger partial charge on any atom is -0.312 e. The maximum absolute atomic E-state index is 12.4. The molecule has 0 spiro atoms. The molecule has 1 amide bonds. The van der Waals surface area contributed by atoms with E-state index >= 15 is 0 Å². The first-order chi connectivity index (χ1) is 11.2. The van der Waals surface area contributed by atoms with Gasteiger partial charge in [-0.3, -0.25) is 4.79 Å². The highest BCUT2D eigenvalue weighted by atomic mass is 16.1. The summed E-state index contributed by atoms with van der Waals surface area (Å²) in [6, 6.07) is 3.98. The summed E-state index contributed by atoms with van der Waals surface area (Å²) in [5.41, 5.74) is 2.86. The molecule has 3 aromatic rings. The van der Waals surface area contributed by atoms with Crippen LogP contribution in [0.5, 0.6) is 0 Å². The van der Waals surface area contributed by atoms with Crippen molar-refractivity contribution in [2.45, 2.75) is 26.4 Å². The average molecular weight is 310 g/mol. The zero-order chi connectivity index (χ0) is 15.8. The molecule has 3 aromatic heterocycles. The molecular weight excluding hydrogens is 292 g/mol. The molecule has 0 aromatic carbocycles. The molecule has 0 fully saturated rings. The van der Waals surface area contributed by atoms with Crippen molar-refractivity contribution >= 4 is 17.4 Å². The second-order valence-electron chi connectivity index (χ2n) is 5.75. The van der Waals surface area contributed by atoms with Gasteiger partial charge in [-0.05, 0) is 18.6 Å². The standard InChI is InChI=1S/C16H18N6O/c1-11-3-2-5-21-12(8-19-16(11)21)7-15(23)20-14-10-18-13-9-17-4-6-22(13)14/h2-3,5,8,10,17H,4,6-7,9H2,1H3,(H,20,23). The van der Waals surface area contributed by atoms with Gasteiger partial charge in [0.05, 0.1) is 24.9 Å². The summed E-state index contributed by atoms with van der Waals surface area (Å²) in [4.78, 5) is 21.1. The summed E-state index contributed by atoms with van der Waals surface area (Å²) in [6.45, 7) is 4.46. The normalized spacial score (nSPS) is 14.0. The number of anilines is 1. The molecule has 0 saturated carbocycles. The van der Waals surface area contributed by atoms with Crippen LogP contribution in [0.25, 0.3) is 5.65 Å². The van der Waals surface area contributed by atoms with Gasteiger partial charge in [-0.25, -0.2) is 9.97 Å². The molecule has 1 aliphatic heterocycles. The maximum atomic E-state index is 12.4. The third-order valence-corrected chi connectivity index (χ3v) is 4.15. The van der Waals surface area contributed by atoms with Gasteiger partial charge in [-0.2, -0.15) is 0 Å². The van der Waals surface area contributed by atoms with Gasteiger partial charge in [0.15, 0.2) is 0 Å². The Balaban J connectivity index is 1.54. The number of hydrogen-bond acceptors (Lipinski definition) is 4. The summed E-state index contributed by atoms with van der Waals surface area (Å²) < 4.78 is 4.01. The van der Waals surface area contributed by atoms with Crippen LogP contribution in [0.15, 0.2) is 30.7 Å². The van der Waals surface area contributed by atoms with Crippen molar-refractivity contribution in [1.29, 1.82) is 0 Å². The van der Waals surface area contributed by atoms with Gasteiger partial charge in [0.2, 0.25) is 5.91 Å². The van der Waals surface area contributed by atoms with Crippen LogP contribution in [0.3, 0.4) is 0 Å². The molecular formula is C16H18N6O. The van der Waals surface area contributed by atoms with Crippen molar-refractivity contribution in [1.82, 2.24) is 24.3 Å². The van der Waals surface area contributed by atoms with E-state index in [-0.39, 0.29) is 12.3 Å². The lowest BCUT2D eigenvalue weighted by molar-refractivity contribution is -0.115. The number of carbonyl (C=O) groups excluding carboxylic acids is 1. The van der Waals surface area contributed by atoms with Crippen LogP contribution in [-0.2, 0) is 24.3 Å². The number of nitrogens with zero attached hydrogens (tertiary/aromatic N) is 4. The van der Waals surface area contributed by atoms with Gasteiger partial charge >= 0.3 is 0 Å². The van der Waals surface area contributed by atoms with E-state index in [1.807, 2.05) is 34.2 Å². The van der Waals surface area contributed by atoms with E-state index in [0.29, 0.717) is 0 Å². The molecule has 4 heterocycles. The van der Waals surface area contributed by atoms with E-state index in [1.165, 1.54) is 0 Å². The Kier molecular flexibility index (Phi) is 3.34. The molecule has 2 N–H and O–H groups in total. The largest absolute Gasteiger partial charge is 0.312 e. The second kappa shape index (κ2) is 5.51. The zero-order valence-electron chi connectivity index (χ0n) is 12.9. The Morgan fingerprint density at radius 1 is 1.39 bits per heavy atom. The van der Waals surface area contributed by atoms with Gasteiger partial charge in [0.1, 0.15) is 17.3 Å². The van der Waals surface area contributed by atoms with Gasteiger partial charge in [-0.15, -0.1) is 0 Å². The molecule has 118 valence electrons. The van der Waals surface area contributed by atoms with Crippen LogP contribution in [-0.4, -0.2) is 31.4 Å². The third kappa shape index (κ3) is 2.49. The van der Waals surface area contributed by atoms with Crippen LogP contribution in [0.4, 0.5) is 5.82 Å². The average Bonchev–Trinajstić information content (AvgIpc) is 3.14. The number of fused-ring (bicyclic) bond motifs is 2. The van der Waals surface area contributed by atoms with Crippen LogP contribution in [0, 0.1) is 6.92 Å². The van der Waals surface area contributed by atoms with E-state index in [9.17, 15) is 4.79 Å². The van der Waals surface area contributed by atoms with Crippen LogP contribution < -0.4 is 10.6 Å². The molecule has 0 atom stereocenters. The number of aryl methyl sites for hydroxylation is 1. The molecule has 0 saturated heterocycles. The van der Waals surface area contributed by atoms with Crippen molar-refractivity contribution in [3.63, 3.8) is 0 Å². The molecule has 1 aliphatic rings. The molecule has 0 bridgehead atoms. The van der Waals surface area contributed by atoms with E-state index < -0.39 is 0 Å². The van der Waals surface area contributed by atoms with Gasteiger partial charge in [0.25, 0.3) is 0 Å². The Bertz CT molecular complexity index is 878. The number of amides is 1. The molecule has 0 radical (unpaired) electrons. The van der Waals surface area contributed by atoms with Crippen molar-refractivity contribution < 1.29 is 4.79 Å². The highest BCUT2D eigenvalue weighted by molar-refractivity contribution is 5.91. The smallest absolute Gasteiger partial charge is 0.231 e. The number of imidazole rings is 2. The summed E-state index contributed by atoms with van der Waals surface area (Å²) in [6.07, 6.45) is 5.70. The van der Waals surface area contributed by atoms with E-state index in [1.54, 1.807) is 12.4 Å². The summed E-state index contributed by atoms with van der Waals surface area (Å²) >= 11 is 0. The van der Waals surface area contributed by atoms with Crippen molar-refractivity contribution in [3.05, 3.63) is 47.8 Å². The first-order valence-corrected chi connectivity index (χ1v) is 7.69. The quantitative estimate of drug-likeness (QED) is 0.760. The van der Waals surface area contributed by atoms with E-state index in [4.69, 9.17) is 0 Å². The lowest BCUT2D eigenvalue weighted by Gasteiger charge is -2.17. The fraction of sp³-hybridized carbons (Fsp3) is 0.312. The van der Waals surface area contributed by atoms with Crippen molar-refractivity contribution in [3.8, 4) is 0 Å². The topological polar surface area (TPSA) is 76.2 Å². The maximum Gasteiger partial charge on any atom is 0.231 e. The van der Waals surface area contributed by atoms with Crippen LogP contribution in [0.2, 0.25) is 0 Å². The Morgan fingerprint density at radius 3 is 3.22 bits per heavy atom. The monoisotopic (exact) mass is 310 g/mol. The number of hydrogen-bond donors (Lipinski definition) is 2. The number of nitrogens with one attached hydrogen (secondary N) is 2. The van der Waals surface area contributed by atoms with Gasteiger partial charge in [0, 0.05) is 25.5 Å². The third-order valence-electron chi connectivity index (χ3n) is 4.15. The number of pyridine rings is 1. The first kappa shape index (κ1) is 14.0. The van der Waals surface area contributed by atoms with E-state index in [2.05, 4.69) is 20.6 Å². The highest BCUT2D eigenvalue weighted by Crippen LogP contribution is 2.15. The van der Waals surface area contributed by atoms with Crippen LogP contribution >= 0.6 is 0 Å². The van der Waals surface area contributed by atoms with E-state index in [0.717, 1.165) is 48.2 Å². The number of rotatable bonds is 3. The van der Waals surface area contributed by atoms with Crippen molar-refractivity contribution in [2.24, 2.45) is 0 Å². The number of aromatic nitrogens is 4. The van der Waals surface area contributed by atoms with Gasteiger partial charge in [-0.1, -0.05) is 6.07 Å². The zero-order valence-corrected chi connectivity index (χ0v) is 12.9. The SMILES string of the molecule is Cc1cccn2c(CC(=O)Nc3cnc4n3CCNC4)cnc12. The second-order valence-corrected chi connectivity index (χ2v) is 5.75. The summed E-state index contributed by atoms with van der Waals surface area (Å²) in [7, 11) is 0.